The number of carbonyl (C=O) groups excluding carboxylic acids is 1. The maximum absolute atomic E-state index is 12.2. The van der Waals surface area contributed by atoms with Crippen molar-refractivity contribution in [3.8, 4) is 0 Å². The molecule has 1 aliphatic rings. The van der Waals surface area contributed by atoms with Gasteiger partial charge < -0.3 is 0 Å². The fourth-order valence-corrected chi connectivity index (χ4v) is 2.81. The first kappa shape index (κ1) is 14.2. The van der Waals surface area contributed by atoms with Crippen molar-refractivity contribution >= 4 is 45.1 Å². The Hall–Kier alpha value is -1.24. The first-order valence-electron chi connectivity index (χ1n) is 5.56. The summed E-state index contributed by atoms with van der Waals surface area (Å²) in [6, 6.07) is 7.52. The minimum Gasteiger partial charge on any atom is -0.269 e. The van der Waals surface area contributed by atoms with Crippen molar-refractivity contribution in [1.29, 1.82) is 0 Å². The molecular weight excluding hydrogens is 280 g/mol. The van der Waals surface area contributed by atoms with Crippen molar-refractivity contribution in [3.05, 3.63) is 36.0 Å². The number of anilines is 1. The predicted octanol–water partition coefficient (Wildman–Crippen LogP) is 3.02. The van der Waals surface area contributed by atoms with E-state index in [1.54, 1.807) is 29.7 Å². The molecule has 0 radical (unpaired) electrons. The van der Waals surface area contributed by atoms with Gasteiger partial charge in [0.1, 0.15) is 4.38 Å². The first-order valence-corrected chi connectivity index (χ1v) is 8.01. The van der Waals surface area contributed by atoms with Gasteiger partial charge in [0.05, 0.1) is 18.4 Å². The monoisotopic (exact) mass is 294 g/mol. The first-order chi connectivity index (χ1) is 9.22. The number of carbonyl (C=O) groups is 1. The Morgan fingerprint density at radius 3 is 2.63 bits per heavy atom. The maximum atomic E-state index is 12.2. The SMILES string of the molecule is CON1C(=O)/C(=C\N=C(SC)SC)c2ccccc21. The third-order valence-electron chi connectivity index (χ3n) is 2.66. The predicted molar refractivity (Wildman–Crippen MR) is 83.4 cm³/mol. The number of benzene rings is 1. The van der Waals surface area contributed by atoms with E-state index in [-0.39, 0.29) is 5.91 Å². The third kappa shape index (κ3) is 2.70. The van der Waals surface area contributed by atoms with E-state index in [0.717, 1.165) is 15.6 Å². The Morgan fingerprint density at radius 1 is 1.32 bits per heavy atom. The average Bonchev–Trinajstić information content (AvgIpc) is 2.72. The summed E-state index contributed by atoms with van der Waals surface area (Å²) in [5.41, 5.74) is 2.16. The van der Waals surface area contributed by atoms with Crippen LogP contribution in [0.1, 0.15) is 5.56 Å². The summed E-state index contributed by atoms with van der Waals surface area (Å²) < 4.78 is 0.911. The zero-order chi connectivity index (χ0) is 13.8. The van der Waals surface area contributed by atoms with Gasteiger partial charge in [-0.3, -0.25) is 9.63 Å². The molecule has 0 N–H and O–H groups in total. The smallest absolute Gasteiger partial charge is 0.269 e. The molecule has 19 heavy (non-hydrogen) atoms. The van der Waals surface area contributed by atoms with Crippen LogP contribution in [-0.2, 0) is 9.63 Å². The lowest BCUT2D eigenvalue weighted by Crippen LogP contribution is -2.24. The van der Waals surface area contributed by atoms with E-state index in [2.05, 4.69) is 4.99 Å². The molecule has 1 aromatic carbocycles. The van der Waals surface area contributed by atoms with Gasteiger partial charge in [0.2, 0.25) is 0 Å². The molecule has 0 spiro atoms. The number of nitrogens with zero attached hydrogens (tertiary/aromatic N) is 2. The average molecular weight is 294 g/mol. The van der Waals surface area contributed by atoms with E-state index in [0.29, 0.717) is 5.57 Å². The quantitative estimate of drug-likeness (QED) is 0.478. The molecule has 0 bridgehead atoms. The summed E-state index contributed by atoms with van der Waals surface area (Å²) >= 11 is 3.11. The molecule has 0 unspecified atom stereocenters. The number of rotatable bonds is 2. The van der Waals surface area contributed by atoms with Crippen LogP contribution in [0.3, 0.4) is 0 Å². The second-order valence-corrected chi connectivity index (χ2v) is 5.49. The molecule has 0 saturated heterocycles. The second-order valence-electron chi connectivity index (χ2n) is 3.65. The standard InChI is InChI=1S/C13H14N2O2S2/c1-17-15-11-7-5-4-6-9(11)10(12(15)16)8-14-13(18-2)19-3/h4-8H,1-3H3/b10-8-. The highest BCUT2D eigenvalue weighted by atomic mass is 32.2. The van der Waals surface area contributed by atoms with Gasteiger partial charge in [0.25, 0.3) is 5.91 Å². The molecule has 1 aliphatic heterocycles. The molecule has 0 aromatic heterocycles. The summed E-state index contributed by atoms with van der Waals surface area (Å²) in [6.45, 7) is 0. The van der Waals surface area contributed by atoms with Crippen molar-refractivity contribution in [3.63, 3.8) is 0 Å². The Kier molecular flexibility index (Phi) is 4.68. The molecule has 0 saturated carbocycles. The number of hydrogen-bond acceptors (Lipinski definition) is 5. The van der Waals surface area contributed by atoms with Crippen LogP contribution in [0.4, 0.5) is 5.69 Å². The molecular formula is C13H14N2O2S2. The van der Waals surface area contributed by atoms with Crippen molar-refractivity contribution in [2.75, 3.05) is 24.7 Å². The van der Waals surface area contributed by atoms with Gasteiger partial charge in [-0.15, -0.1) is 23.5 Å². The van der Waals surface area contributed by atoms with Crippen LogP contribution in [0, 0.1) is 0 Å². The van der Waals surface area contributed by atoms with Crippen LogP contribution in [0.5, 0.6) is 0 Å². The lowest BCUT2D eigenvalue weighted by molar-refractivity contribution is -0.118. The molecule has 100 valence electrons. The highest BCUT2D eigenvalue weighted by Gasteiger charge is 2.32. The van der Waals surface area contributed by atoms with Crippen LogP contribution >= 0.6 is 23.5 Å². The largest absolute Gasteiger partial charge is 0.284 e. The molecule has 0 aliphatic carbocycles. The van der Waals surface area contributed by atoms with Crippen LogP contribution in [-0.4, -0.2) is 29.9 Å². The van der Waals surface area contributed by atoms with Gasteiger partial charge in [0.15, 0.2) is 0 Å². The Labute approximate surface area is 120 Å². The summed E-state index contributed by atoms with van der Waals surface area (Å²) in [5, 5.41) is 1.29. The zero-order valence-corrected chi connectivity index (χ0v) is 12.5. The lowest BCUT2D eigenvalue weighted by atomic mass is 10.1. The van der Waals surface area contributed by atoms with Gasteiger partial charge in [-0.25, -0.2) is 4.99 Å². The van der Waals surface area contributed by atoms with Gasteiger partial charge in [-0.05, 0) is 18.6 Å². The molecule has 0 fully saturated rings. The van der Waals surface area contributed by atoms with Crippen LogP contribution in [0.15, 0.2) is 35.5 Å². The van der Waals surface area contributed by atoms with E-state index in [4.69, 9.17) is 4.84 Å². The number of amides is 1. The maximum Gasteiger partial charge on any atom is 0.284 e. The summed E-state index contributed by atoms with van der Waals surface area (Å²) in [4.78, 5) is 21.7. The van der Waals surface area contributed by atoms with Crippen LogP contribution in [0.25, 0.3) is 5.57 Å². The van der Waals surface area contributed by atoms with Crippen molar-refractivity contribution < 1.29 is 9.63 Å². The number of para-hydroxylation sites is 1. The van der Waals surface area contributed by atoms with Gasteiger partial charge in [0, 0.05) is 11.8 Å². The highest BCUT2D eigenvalue weighted by Crippen LogP contribution is 2.36. The molecule has 4 nitrogen and oxygen atoms in total. The lowest BCUT2D eigenvalue weighted by Gasteiger charge is -2.12. The Morgan fingerprint density at radius 2 is 2.00 bits per heavy atom. The number of aliphatic imine (C=N–C) groups is 1. The van der Waals surface area contributed by atoms with Gasteiger partial charge in [-0.2, -0.15) is 5.06 Å². The minimum absolute atomic E-state index is 0.186. The van der Waals surface area contributed by atoms with Crippen LogP contribution in [0.2, 0.25) is 0 Å². The van der Waals surface area contributed by atoms with E-state index in [1.807, 2.05) is 36.8 Å². The number of hydrogen-bond donors (Lipinski definition) is 0. The summed E-state index contributed by atoms with van der Waals surface area (Å²) in [7, 11) is 1.48. The van der Waals surface area contributed by atoms with Gasteiger partial charge >= 0.3 is 0 Å². The molecule has 1 aromatic rings. The molecule has 6 heteroatoms. The normalized spacial score (nSPS) is 15.8. The van der Waals surface area contributed by atoms with E-state index in [1.165, 1.54) is 12.2 Å². The topological polar surface area (TPSA) is 41.9 Å². The van der Waals surface area contributed by atoms with Crippen molar-refractivity contribution in [2.24, 2.45) is 4.99 Å². The minimum atomic E-state index is -0.186. The van der Waals surface area contributed by atoms with E-state index in [9.17, 15) is 4.79 Å². The van der Waals surface area contributed by atoms with Crippen molar-refractivity contribution in [2.45, 2.75) is 0 Å². The summed E-state index contributed by atoms with van der Waals surface area (Å²) in [5.74, 6) is -0.186. The molecule has 0 atom stereocenters. The second kappa shape index (κ2) is 6.27. The molecule has 1 amide bonds. The number of thioether (sulfide) groups is 2. The highest BCUT2D eigenvalue weighted by molar-refractivity contribution is 8.38. The Balaban J connectivity index is 2.45. The molecule has 1 heterocycles. The zero-order valence-electron chi connectivity index (χ0n) is 10.9. The van der Waals surface area contributed by atoms with E-state index < -0.39 is 0 Å². The fraction of sp³-hybridized carbons (Fsp3) is 0.231. The van der Waals surface area contributed by atoms with E-state index >= 15 is 0 Å². The number of hydroxylamine groups is 1. The third-order valence-corrected chi connectivity index (χ3v) is 4.57. The fourth-order valence-electron chi connectivity index (χ4n) is 1.82. The summed E-state index contributed by atoms with van der Waals surface area (Å²) in [6.07, 6.45) is 5.53. The van der Waals surface area contributed by atoms with Crippen LogP contribution < -0.4 is 5.06 Å². The van der Waals surface area contributed by atoms with Gasteiger partial charge in [-0.1, -0.05) is 18.2 Å². The van der Waals surface area contributed by atoms with Crippen molar-refractivity contribution in [1.82, 2.24) is 0 Å². The number of fused-ring (bicyclic) bond motifs is 1. The Bertz CT molecular complexity index is 549. The molecule has 2 rings (SSSR count).